The minimum absolute atomic E-state index is 0.0222. The van der Waals surface area contributed by atoms with Gasteiger partial charge in [-0.05, 0) is 26.6 Å². The van der Waals surface area contributed by atoms with Crippen LogP contribution in [0.2, 0.25) is 0 Å². The summed E-state index contributed by atoms with van der Waals surface area (Å²) in [5.41, 5.74) is -0.183. The maximum Gasteiger partial charge on any atom is 0.352 e. The monoisotopic (exact) mass is 317 g/mol. The highest BCUT2D eigenvalue weighted by molar-refractivity contribution is 7.89. The van der Waals surface area contributed by atoms with E-state index in [1.165, 1.54) is 4.31 Å². The van der Waals surface area contributed by atoms with Gasteiger partial charge in [-0.2, -0.15) is 4.31 Å². The number of aromatic nitrogens is 1. The van der Waals surface area contributed by atoms with E-state index in [1.807, 2.05) is 19.0 Å². The van der Waals surface area contributed by atoms with E-state index in [-0.39, 0.29) is 23.2 Å². The Kier molecular flexibility index (Phi) is 4.38. The molecule has 0 saturated carbocycles. The van der Waals surface area contributed by atoms with Crippen molar-refractivity contribution in [1.29, 1.82) is 0 Å². The summed E-state index contributed by atoms with van der Waals surface area (Å²) in [7, 11) is -0.172. The lowest BCUT2D eigenvalue weighted by Gasteiger charge is -2.25. The molecule has 0 amide bonds. The maximum absolute atomic E-state index is 12.6. The molecule has 2 atom stereocenters. The van der Waals surface area contributed by atoms with Crippen LogP contribution >= 0.6 is 0 Å². The lowest BCUT2D eigenvalue weighted by molar-refractivity contribution is 0.0691. The Balaban J connectivity index is 2.30. The fourth-order valence-electron chi connectivity index (χ4n) is 2.53. The summed E-state index contributed by atoms with van der Waals surface area (Å²) in [6.45, 7) is 0.515. The average molecular weight is 317 g/mol. The highest BCUT2D eigenvalue weighted by Gasteiger charge is 2.40. The van der Waals surface area contributed by atoms with Crippen LogP contribution in [-0.4, -0.2) is 78.1 Å². The van der Waals surface area contributed by atoms with Gasteiger partial charge < -0.3 is 20.1 Å². The van der Waals surface area contributed by atoms with Gasteiger partial charge in [-0.1, -0.05) is 0 Å². The first-order chi connectivity index (χ1) is 9.71. The largest absolute Gasteiger partial charge is 0.477 e. The van der Waals surface area contributed by atoms with Crippen molar-refractivity contribution in [1.82, 2.24) is 14.2 Å². The van der Waals surface area contributed by atoms with Crippen LogP contribution in [-0.2, 0) is 10.0 Å². The number of rotatable bonds is 5. The number of carbonyl (C=O) groups is 1. The molecule has 9 heteroatoms. The van der Waals surface area contributed by atoms with Crippen molar-refractivity contribution in [2.24, 2.45) is 0 Å². The number of nitrogens with zero attached hydrogens (tertiary/aromatic N) is 2. The van der Waals surface area contributed by atoms with Crippen molar-refractivity contribution in [3.63, 3.8) is 0 Å². The number of aromatic carboxylic acids is 1. The fraction of sp³-hybridized carbons (Fsp3) is 0.583. The van der Waals surface area contributed by atoms with Gasteiger partial charge >= 0.3 is 5.97 Å². The molecular formula is C12H19N3O5S. The maximum atomic E-state index is 12.6. The van der Waals surface area contributed by atoms with E-state index < -0.39 is 22.1 Å². The van der Waals surface area contributed by atoms with Gasteiger partial charge in [0.1, 0.15) is 10.6 Å². The Bertz CT molecular complexity index is 625. The number of sulfonamides is 1. The third-order valence-corrected chi connectivity index (χ3v) is 5.31. The standard InChI is InChI=1S/C12H19N3O5S/c1-14(2)6-8-3-9(16)7-15(8)21(19,20)10-4-11(12(17)18)13-5-10/h4-5,8-9,13,16H,3,6-7H2,1-2H3,(H,17,18). The number of carboxylic acid groups (broad SMARTS) is 1. The van der Waals surface area contributed by atoms with Crippen molar-refractivity contribution in [3.05, 3.63) is 18.0 Å². The number of likely N-dealkylation sites (N-methyl/N-ethyl adjacent to an activating group) is 1. The molecule has 3 N–H and O–H groups in total. The zero-order chi connectivity index (χ0) is 15.8. The molecule has 1 aromatic heterocycles. The van der Waals surface area contributed by atoms with Gasteiger partial charge in [-0.3, -0.25) is 0 Å². The SMILES string of the molecule is CN(C)CC1CC(O)CN1S(=O)(=O)c1c[nH]c(C(=O)O)c1. The third kappa shape index (κ3) is 3.26. The molecule has 2 rings (SSSR count). The van der Waals surface area contributed by atoms with Crippen LogP contribution in [0.4, 0.5) is 0 Å². The summed E-state index contributed by atoms with van der Waals surface area (Å²) in [5, 5.41) is 18.6. The summed E-state index contributed by atoms with van der Waals surface area (Å²) in [4.78, 5) is 15.0. The minimum atomic E-state index is -3.83. The van der Waals surface area contributed by atoms with Gasteiger partial charge in [0.05, 0.1) is 6.10 Å². The van der Waals surface area contributed by atoms with Crippen LogP contribution in [0.1, 0.15) is 16.9 Å². The molecule has 1 aliphatic rings. The summed E-state index contributed by atoms with van der Waals surface area (Å²) >= 11 is 0. The van der Waals surface area contributed by atoms with E-state index in [1.54, 1.807) is 0 Å². The van der Waals surface area contributed by atoms with Crippen molar-refractivity contribution in [3.8, 4) is 0 Å². The van der Waals surface area contributed by atoms with Gasteiger partial charge in [-0.15, -0.1) is 0 Å². The van der Waals surface area contributed by atoms with Gasteiger partial charge in [0, 0.05) is 25.3 Å². The van der Waals surface area contributed by atoms with E-state index in [4.69, 9.17) is 5.11 Å². The average Bonchev–Trinajstić information content (AvgIpc) is 2.95. The predicted octanol–water partition coefficient (Wildman–Crippen LogP) is -0.602. The highest BCUT2D eigenvalue weighted by Crippen LogP contribution is 2.27. The van der Waals surface area contributed by atoms with E-state index in [9.17, 15) is 18.3 Å². The zero-order valence-corrected chi connectivity index (χ0v) is 12.7. The van der Waals surface area contributed by atoms with Crippen LogP contribution in [0.3, 0.4) is 0 Å². The Morgan fingerprint density at radius 3 is 2.71 bits per heavy atom. The quantitative estimate of drug-likeness (QED) is 0.668. The lowest BCUT2D eigenvalue weighted by Crippen LogP contribution is -2.41. The normalized spacial score (nSPS) is 23.8. The first-order valence-electron chi connectivity index (χ1n) is 6.48. The van der Waals surface area contributed by atoms with E-state index in [0.29, 0.717) is 13.0 Å². The smallest absolute Gasteiger partial charge is 0.352 e. The molecule has 118 valence electrons. The zero-order valence-electron chi connectivity index (χ0n) is 11.9. The number of aromatic amines is 1. The van der Waals surface area contributed by atoms with Crippen LogP contribution in [0, 0.1) is 0 Å². The fourth-order valence-corrected chi connectivity index (χ4v) is 4.19. The van der Waals surface area contributed by atoms with Gasteiger partial charge in [-0.25, -0.2) is 13.2 Å². The van der Waals surface area contributed by atoms with Crippen molar-refractivity contribution in [2.45, 2.75) is 23.5 Å². The van der Waals surface area contributed by atoms with Crippen LogP contribution in [0.5, 0.6) is 0 Å². The summed E-state index contributed by atoms with van der Waals surface area (Å²) in [6, 6.07) is 0.762. The summed E-state index contributed by atoms with van der Waals surface area (Å²) in [6.07, 6.45) is 0.826. The van der Waals surface area contributed by atoms with Crippen molar-refractivity contribution >= 4 is 16.0 Å². The second kappa shape index (κ2) is 5.76. The second-order valence-corrected chi connectivity index (χ2v) is 7.33. The lowest BCUT2D eigenvalue weighted by atomic mass is 10.2. The molecule has 2 unspecified atom stereocenters. The molecule has 0 aromatic carbocycles. The van der Waals surface area contributed by atoms with Gasteiger partial charge in [0.15, 0.2) is 0 Å². The van der Waals surface area contributed by atoms with E-state index in [2.05, 4.69) is 4.98 Å². The number of carboxylic acids is 1. The summed E-state index contributed by atoms with van der Waals surface area (Å²) in [5.74, 6) is -1.22. The molecular weight excluding hydrogens is 298 g/mol. The molecule has 1 aliphatic heterocycles. The Morgan fingerprint density at radius 1 is 1.52 bits per heavy atom. The van der Waals surface area contributed by atoms with Gasteiger partial charge in [0.2, 0.25) is 10.0 Å². The van der Waals surface area contributed by atoms with Gasteiger partial charge in [0.25, 0.3) is 0 Å². The highest BCUT2D eigenvalue weighted by atomic mass is 32.2. The number of hydrogen-bond donors (Lipinski definition) is 3. The third-order valence-electron chi connectivity index (χ3n) is 3.41. The molecule has 1 saturated heterocycles. The summed E-state index contributed by atoms with van der Waals surface area (Å²) < 4.78 is 26.4. The molecule has 0 aliphatic carbocycles. The van der Waals surface area contributed by atoms with Crippen molar-refractivity contribution < 1.29 is 23.4 Å². The Morgan fingerprint density at radius 2 is 2.19 bits per heavy atom. The minimum Gasteiger partial charge on any atom is -0.477 e. The first kappa shape index (κ1) is 16.0. The Labute approximate surface area is 123 Å². The molecule has 1 aromatic rings. The first-order valence-corrected chi connectivity index (χ1v) is 7.92. The molecule has 2 heterocycles. The van der Waals surface area contributed by atoms with Crippen molar-refractivity contribution in [2.75, 3.05) is 27.2 Å². The number of H-pyrrole nitrogens is 1. The molecule has 1 fully saturated rings. The topological polar surface area (TPSA) is 114 Å². The number of aliphatic hydroxyl groups excluding tert-OH is 1. The van der Waals surface area contributed by atoms with Crippen LogP contribution in [0.25, 0.3) is 0 Å². The van der Waals surface area contributed by atoms with Crippen LogP contribution < -0.4 is 0 Å². The number of nitrogens with one attached hydrogen (secondary N) is 1. The molecule has 0 radical (unpaired) electrons. The van der Waals surface area contributed by atoms with E-state index >= 15 is 0 Å². The van der Waals surface area contributed by atoms with Crippen LogP contribution in [0.15, 0.2) is 17.2 Å². The van der Waals surface area contributed by atoms with E-state index in [0.717, 1.165) is 12.3 Å². The molecule has 8 nitrogen and oxygen atoms in total. The number of hydrogen-bond acceptors (Lipinski definition) is 5. The number of aliphatic hydroxyl groups is 1. The second-order valence-electron chi connectivity index (χ2n) is 5.43. The molecule has 0 spiro atoms. The number of β-amino-alcohol motifs (C(OH)–C–C–N with tert-alkyl or cyclic N) is 1. The predicted molar refractivity (Wildman–Crippen MR) is 74.6 cm³/mol. The Hall–Kier alpha value is -1.42. The molecule has 21 heavy (non-hydrogen) atoms. The molecule has 0 bridgehead atoms.